The summed E-state index contributed by atoms with van der Waals surface area (Å²) in [6.45, 7) is 2.53. The molecule has 0 unspecified atom stereocenters. The Kier molecular flexibility index (Phi) is 5.68. The summed E-state index contributed by atoms with van der Waals surface area (Å²) in [5.41, 5.74) is 2.84. The van der Waals surface area contributed by atoms with Crippen molar-refractivity contribution in [2.24, 2.45) is 5.10 Å². The van der Waals surface area contributed by atoms with Gasteiger partial charge in [-0.3, -0.25) is 4.79 Å². The molecule has 1 amide bonds. The molecule has 20 heavy (non-hydrogen) atoms. The van der Waals surface area contributed by atoms with Crippen molar-refractivity contribution in [2.45, 2.75) is 25.7 Å². The third-order valence-electron chi connectivity index (χ3n) is 3.52. The standard InChI is InChI=1S/C15H20FN3O/c16-14-8-4-3-7-13(14)11-17-18-15(20)12-19-9-5-1-2-6-10-19/h3-4,7-8,11H,1-2,5-6,9-10,12H2,(H,18,20)/p+1/b17-11-. The third-order valence-corrected chi connectivity index (χ3v) is 3.52. The van der Waals surface area contributed by atoms with E-state index >= 15 is 0 Å². The average Bonchev–Trinajstić information content (AvgIpc) is 2.69. The number of rotatable bonds is 4. The number of benzene rings is 1. The Morgan fingerprint density at radius 2 is 1.95 bits per heavy atom. The second-order valence-corrected chi connectivity index (χ2v) is 5.16. The van der Waals surface area contributed by atoms with Gasteiger partial charge in [-0.05, 0) is 31.7 Å². The Balaban J connectivity index is 1.78. The summed E-state index contributed by atoms with van der Waals surface area (Å²) < 4.78 is 13.3. The summed E-state index contributed by atoms with van der Waals surface area (Å²) in [6.07, 6.45) is 6.22. The topological polar surface area (TPSA) is 45.9 Å². The zero-order valence-corrected chi connectivity index (χ0v) is 11.6. The fraction of sp³-hybridized carbons (Fsp3) is 0.467. The zero-order chi connectivity index (χ0) is 14.2. The minimum Gasteiger partial charge on any atom is -0.327 e. The molecule has 0 aliphatic carbocycles. The van der Waals surface area contributed by atoms with Crippen molar-refractivity contribution >= 4 is 12.1 Å². The van der Waals surface area contributed by atoms with Gasteiger partial charge >= 0.3 is 0 Å². The SMILES string of the molecule is O=C(C[NH+]1CCCCCC1)N/N=C\c1ccccc1F. The zero-order valence-electron chi connectivity index (χ0n) is 11.6. The van der Waals surface area contributed by atoms with Crippen LogP contribution in [-0.2, 0) is 4.79 Å². The molecule has 1 aliphatic rings. The predicted octanol–water partition coefficient (Wildman–Crippen LogP) is 0.735. The molecule has 0 bridgehead atoms. The summed E-state index contributed by atoms with van der Waals surface area (Å²) in [5, 5.41) is 3.81. The van der Waals surface area contributed by atoms with Gasteiger partial charge in [-0.1, -0.05) is 18.2 Å². The summed E-state index contributed by atoms with van der Waals surface area (Å²) in [5.74, 6) is -0.460. The van der Waals surface area contributed by atoms with Gasteiger partial charge in [-0.2, -0.15) is 5.10 Å². The minimum atomic E-state index is -0.344. The van der Waals surface area contributed by atoms with Gasteiger partial charge in [0, 0.05) is 5.56 Å². The quantitative estimate of drug-likeness (QED) is 0.619. The molecule has 4 nitrogen and oxygen atoms in total. The molecule has 1 saturated heterocycles. The van der Waals surface area contributed by atoms with E-state index in [1.807, 2.05) is 0 Å². The molecule has 1 aromatic rings. The van der Waals surface area contributed by atoms with Gasteiger partial charge < -0.3 is 4.90 Å². The lowest BCUT2D eigenvalue weighted by Crippen LogP contribution is -3.13. The third kappa shape index (κ3) is 4.74. The fourth-order valence-electron chi connectivity index (χ4n) is 2.43. The number of halogens is 1. The fourth-order valence-corrected chi connectivity index (χ4v) is 2.43. The number of hydrogen-bond donors (Lipinski definition) is 2. The van der Waals surface area contributed by atoms with E-state index in [1.54, 1.807) is 18.2 Å². The molecule has 0 atom stereocenters. The van der Waals surface area contributed by atoms with Crippen LogP contribution in [0.2, 0.25) is 0 Å². The molecule has 0 radical (unpaired) electrons. The largest absolute Gasteiger partial charge is 0.327 e. The van der Waals surface area contributed by atoms with Crippen LogP contribution in [0.15, 0.2) is 29.4 Å². The first-order chi connectivity index (χ1) is 9.75. The molecule has 1 aliphatic heterocycles. The maximum absolute atomic E-state index is 13.3. The number of carbonyl (C=O) groups excluding carboxylic acids is 1. The lowest BCUT2D eigenvalue weighted by atomic mass is 10.2. The monoisotopic (exact) mass is 278 g/mol. The van der Waals surface area contributed by atoms with E-state index in [-0.39, 0.29) is 11.7 Å². The first-order valence-corrected chi connectivity index (χ1v) is 7.16. The van der Waals surface area contributed by atoms with Gasteiger partial charge in [0.1, 0.15) is 5.82 Å². The van der Waals surface area contributed by atoms with Crippen LogP contribution in [0, 0.1) is 5.82 Å². The second kappa shape index (κ2) is 7.75. The van der Waals surface area contributed by atoms with Crippen molar-refractivity contribution in [3.8, 4) is 0 Å². The number of nitrogens with one attached hydrogen (secondary N) is 2. The molecule has 5 heteroatoms. The maximum Gasteiger partial charge on any atom is 0.295 e. The van der Waals surface area contributed by atoms with Crippen molar-refractivity contribution in [2.75, 3.05) is 19.6 Å². The summed E-state index contributed by atoms with van der Waals surface area (Å²) >= 11 is 0. The Bertz CT molecular complexity index is 468. The van der Waals surface area contributed by atoms with Gasteiger partial charge in [0.05, 0.1) is 19.3 Å². The number of likely N-dealkylation sites (tertiary alicyclic amines) is 1. The molecule has 0 aromatic heterocycles. The van der Waals surface area contributed by atoms with E-state index in [0.717, 1.165) is 13.1 Å². The molecule has 2 rings (SSSR count). The van der Waals surface area contributed by atoms with Crippen LogP contribution in [0.25, 0.3) is 0 Å². The molecule has 108 valence electrons. The van der Waals surface area contributed by atoms with Crippen LogP contribution >= 0.6 is 0 Å². The highest BCUT2D eigenvalue weighted by atomic mass is 19.1. The first-order valence-electron chi connectivity index (χ1n) is 7.16. The molecule has 1 fully saturated rings. The molecular formula is C15H21FN3O+. The number of nitrogens with zero attached hydrogens (tertiary/aromatic N) is 1. The predicted molar refractivity (Wildman–Crippen MR) is 76.2 cm³/mol. The summed E-state index contributed by atoms with van der Waals surface area (Å²) in [7, 11) is 0. The van der Waals surface area contributed by atoms with E-state index in [4.69, 9.17) is 0 Å². The number of amides is 1. The van der Waals surface area contributed by atoms with Crippen molar-refractivity contribution < 1.29 is 14.1 Å². The lowest BCUT2D eigenvalue weighted by Gasteiger charge is -2.15. The first kappa shape index (κ1) is 14.7. The smallest absolute Gasteiger partial charge is 0.295 e. The highest BCUT2D eigenvalue weighted by molar-refractivity contribution is 5.82. The van der Waals surface area contributed by atoms with E-state index in [1.165, 1.54) is 42.9 Å². The molecule has 1 aromatic carbocycles. The number of quaternary nitrogens is 1. The van der Waals surface area contributed by atoms with Crippen LogP contribution in [-0.4, -0.2) is 31.8 Å². The van der Waals surface area contributed by atoms with Crippen molar-refractivity contribution in [3.05, 3.63) is 35.6 Å². The second-order valence-electron chi connectivity index (χ2n) is 5.16. The number of hydrogen-bond acceptors (Lipinski definition) is 2. The van der Waals surface area contributed by atoms with Gasteiger partial charge in [-0.15, -0.1) is 0 Å². The van der Waals surface area contributed by atoms with Gasteiger partial charge in [0.15, 0.2) is 6.54 Å². The normalized spacial score (nSPS) is 17.1. The summed E-state index contributed by atoms with van der Waals surface area (Å²) in [6, 6.07) is 6.33. The van der Waals surface area contributed by atoms with Crippen LogP contribution in [0.4, 0.5) is 4.39 Å². The van der Waals surface area contributed by atoms with E-state index in [2.05, 4.69) is 10.5 Å². The number of carbonyl (C=O) groups is 1. The Hall–Kier alpha value is -1.75. The minimum absolute atomic E-state index is 0.116. The molecular weight excluding hydrogens is 257 g/mol. The molecule has 1 heterocycles. The maximum atomic E-state index is 13.3. The van der Waals surface area contributed by atoms with Crippen LogP contribution in [0.3, 0.4) is 0 Å². The Morgan fingerprint density at radius 1 is 1.25 bits per heavy atom. The number of hydrazone groups is 1. The van der Waals surface area contributed by atoms with Crippen molar-refractivity contribution in [3.63, 3.8) is 0 Å². The van der Waals surface area contributed by atoms with E-state index in [9.17, 15) is 9.18 Å². The van der Waals surface area contributed by atoms with E-state index in [0.29, 0.717) is 12.1 Å². The molecule has 2 N–H and O–H groups in total. The van der Waals surface area contributed by atoms with Crippen molar-refractivity contribution in [1.29, 1.82) is 0 Å². The van der Waals surface area contributed by atoms with Gasteiger partial charge in [0.25, 0.3) is 5.91 Å². The van der Waals surface area contributed by atoms with Gasteiger partial charge in [0.2, 0.25) is 0 Å². The highest BCUT2D eigenvalue weighted by Crippen LogP contribution is 2.02. The molecule has 0 saturated carbocycles. The highest BCUT2D eigenvalue weighted by Gasteiger charge is 2.15. The Labute approximate surface area is 118 Å². The van der Waals surface area contributed by atoms with Gasteiger partial charge in [-0.25, -0.2) is 9.82 Å². The summed E-state index contributed by atoms with van der Waals surface area (Å²) in [4.78, 5) is 13.1. The Morgan fingerprint density at radius 3 is 2.65 bits per heavy atom. The van der Waals surface area contributed by atoms with Crippen molar-refractivity contribution in [1.82, 2.24) is 5.43 Å². The molecule has 0 spiro atoms. The lowest BCUT2D eigenvalue weighted by molar-refractivity contribution is -0.891. The van der Waals surface area contributed by atoms with Crippen LogP contribution in [0.5, 0.6) is 0 Å². The van der Waals surface area contributed by atoms with E-state index < -0.39 is 0 Å². The average molecular weight is 278 g/mol. The van der Waals surface area contributed by atoms with Crippen LogP contribution < -0.4 is 10.3 Å². The van der Waals surface area contributed by atoms with Crippen LogP contribution in [0.1, 0.15) is 31.2 Å².